The highest BCUT2D eigenvalue weighted by atomic mass is 16.5. The summed E-state index contributed by atoms with van der Waals surface area (Å²) in [6.07, 6.45) is 3.60. The lowest BCUT2D eigenvalue weighted by Gasteiger charge is -2.24. The van der Waals surface area contributed by atoms with Crippen molar-refractivity contribution in [3.05, 3.63) is 41.1 Å². The number of nitrogens with one attached hydrogen (secondary N) is 2. The van der Waals surface area contributed by atoms with Gasteiger partial charge in [-0.2, -0.15) is 10.4 Å². The number of hydrogen-bond acceptors (Lipinski definition) is 5. The second kappa shape index (κ2) is 9.63. The fourth-order valence-electron chi connectivity index (χ4n) is 3.59. The quantitative estimate of drug-likeness (QED) is 0.367. The number of aromatic nitrogens is 2. The molecule has 1 saturated heterocycles. The van der Waals surface area contributed by atoms with Crippen LogP contribution in [-0.2, 0) is 11.2 Å². The van der Waals surface area contributed by atoms with Crippen molar-refractivity contribution >= 4 is 11.8 Å². The highest BCUT2D eigenvalue weighted by molar-refractivity contribution is 5.79. The Morgan fingerprint density at radius 1 is 1.37 bits per heavy atom. The number of nitrogens with two attached hydrogens (primary N) is 1. The number of anilines is 1. The fourth-order valence-corrected chi connectivity index (χ4v) is 3.59. The van der Waals surface area contributed by atoms with E-state index in [0.717, 1.165) is 49.6 Å². The summed E-state index contributed by atoms with van der Waals surface area (Å²) in [7, 11) is 1.75. The second-order valence-corrected chi connectivity index (χ2v) is 7.92. The van der Waals surface area contributed by atoms with Crippen LogP contribution in [0.1, 0.15) is 43.0 Å². The zero-order valence-corrected chi connectivity index (χ0v) is 18.0. The molecular weight excluding hydrogens is 378 g/mol. The zero-order valence-electron chi connectivity index (χ0n) is 18.0. The molecule has 1 atom stereocenters. The Hall–Kier alpha value is -3.05. The van der Waals surface area contributed by atoms with Gasteiger partial charge in [-0.15, -0.1) is 0 Å². The number of nitrogen functional groups attached to an aromatic ring is 1. The smallest absolute Gasteiger partial charge is 0.191 e. The standard InChI is InChI=1S/C22H31N7O/c1-16-7-9-17(10-8-16)29-20(24)18(14-23)19(28-29)6-4-12-26-21(25-3)27-15-22(2)11-5-13-30-22/h7-10H,4-6,11-13,15,24H2,1-3H3,(H2,25,26,27). The van der Waals surface area contributed by atoms with Crippen molar-refractivity contribution in [1.29, 1.82) is 5.26 Å². The zero-order chi connectivity index (χ0) is 21.6. The molecule has 0 aliphatic carbocycles. The lowest BCUT2D eigenvalue weighted by molar-refractivity contribution is 0.0243. The van der Waals surface area contributed by atoms with E-state index in [2.05, 4.69) is 33.7 Å². The Balaban J connectivity index is 1.54. The van der Waals surface area contributed by atoms with Crippen LogP contribution in [-0.4, -0.2) is 48.1 Å². The summed E-state index contributed by atoms with van der Waals surface area (Å²) in [5.41, 5.74) is 9.24. The first kappa shape index (κ1) is 21.7. The molecule has 3 rings (SSSR count). The summed E-state index contributed by atoms with van der Waals surface area (Å²) < 4.78 is 7.44. The third-order valence-corrected chi connectivity index (χ3v) is 5.42. The minimum absolute atomic E-state index is 0.125. The topological polar surface area (TPSA) is 113 Å². The fraction of sp³-hybridized carbons (Fsp3) is 0.500. The van der Waals surface area contributed by atoms with Gasteiger partial charge in [-0.05, 0) is 51.7 Å². The van der Waals surface area contributed by atoms with Crippen molar-refractivity contribution in [3.8, 4) is 11.8 Å². The Kier molecular flexibility index (Phi) is 6.95. The maximum Gasteiger partial charge on any atom is 0.191 e. The van der Waals surface area contributed by atoms with Crippen molar-refractivity contribution in [2.75, 3.05) is 32.5 Å². The molecule has 1 aromatic carbocycles. The SMILES string of the molecule is CN=C(NCCCc1nn(-c2ccc(C)cc2)c(N)c1C#N)NCC1(C)CCCO1. The summed E-state index contributed by atoms with van der Waals surface area (Å²) >= 11 is 0. The first-order valence-corrected chi connectivity index (χ1v) is 10.4. The summed E-state index contributed by atoms with van der Waals surface area (Å²) in [6, 6.07) is 10.1. The monoisotopic (exact) mass is 409 g/mol. The van der Waals surface area contributed by atoms with E-state index in [0.29, 0.717) is 30.0 Å². The average Bonchev–Trinajstić information content (AvgIpc) is 3.31. The molecule has 30 heavy (non-hydrogen) atoms. The molecule has 1 fully saturated rings. The van der Waals surface area contributed by atoms with Gasteiger partial charge in [-0.3, -0.25) is 4.99 Å². The molecule has 0 spiro atoms. The van der Waals surface area contributed by atoms with Crippen LogP contribution in [0.3, 0.4) is 0 Å². The number of nitriles is 1. The maximum absolute atomic E-state index is 9.54. The van der Waals surface area contributed by atoms with Gasteiger partial charge in [-0.1, -0.05) is 17.7 Å². The number of nitrogens with zero attached hydrogens (tertiary/aromatic N) is 4. The van der Waals surface area contributed by atoms with Crippen LogP contribution in [0.15, 0.2) is 29.3 Å². The van der Waals surface area contributed by atoms with Gasteiger partial charge in [0, 0.05) is 26.7 Å². The molecule has 1 unspecified atom stereocenters. The number of aliphatic imine (C=N–C) groups is 1. The molecule has 2 heterocycles. The first-order valence-electron chi connectivity index (χ1n) is 10.4. The normalized spacial score (nSPS) is 18.9. The molecule has 4 N–H and O–H groups in total. The Bertz CT molecular complexity index is 918. The molecule has 0 bridgehead atoms. The minimum atomic E-state index is -0.125. The van der Waals surface area contributed by atoms with Crippen molar-refractivity contribution in [3.63, 3.8) is 0 Å². The van der Waals surface area contributed by atoms with E-state index in [-0.39, 0.29) is 5.60 Å². The molecule has 0 saturated carbocycles. The highest BCUT2D eigenvalue weighted by Gasteiger charge is 2.29. The number of benzene rings is 1. The summed E-state index contributed by atoms with van der Waals surface area (Å²) in [5.74, 6) is 1.13. The molecule has 8 heteroatoms. The first-order chi connectivity index (χ1) is 14.5. The lowest BCUT2D eigenvalue weighted by Crippen LogP contribution is -2.45. The molecule has 160 valence electrons. The Labute approximate surface area is 178 Å². The van der Waals surface area contributed by atoms with Crippen molar-refractivity contribution in [2.24, 2.45) is 4.99 Å². The molecule has 1 aromatic heterocycles. The van der Waals surface area contributed by atoms with Gasteiger partial charge in [0.25, 0.3) is 0 Å². The maximum atomic E-state index is 9.54. The van der Waals surface area contributed by atoms with E-state index in [1.807, 2.05) is 31.2 Å². The molecule has 0 amide bonds. The number of aryl methyl sites for hydroxylation is 2. The van der Waals surface area contributed by atoms with E-state index in [9.17, 15) is 5.26 Å². The largest absolute Gasteiger partial charge is 0.382 e. The van der Waals surface area contributed by atoms with Gasteiger partial charge in [0.05, 0.1) is 17.0 Å². The van der Waals surface area contributed by atoms with Crippen LogP contribution in [0.4, 0.5) is 5.82 Å². The molecule has 1 aliphatic heterocycles. The van der Waals surface area contributed by atoms with E-state index < -0.39 is 0 Å². The van der Waals surface area contributed by atoms with Gasteiger partial charge in [0.2, 0.25) is 0 Å². The molecule has 8 nitrogen and oxygen atoms in total. The molecule has 1 aliphatic rings. The van der Waals surface area contributed by atoms with Crippen LogP contribution >= 0.6 is 0 Å². The second-order valence-electron chi connectivity index (χ2n) is 7.92. The molecular formula is C22H31N7O. The van der Waals surface area contributed by atoms with Crippen molar-refractivity contribution in [2.45, 2.75) is 45.1 Å². The molecule has 0 radical (unpaired) electrons. The summed E-state index contributed by atoms with van der Waals surface area (Å²) in [6.45, 7) is 6.41. The van der Waals surface area contributed by atoms with Crippen molar-refractivity contribution < 1.29 is 4.74 Å². The predicted octanol–water partition coefficient (Wildman–Crippen LogP) is 2.30. The van der Waals surface area contributed by atoms with Gasteiger partial charge >= 0.3 is 0 Å². The number of rotatable bonds is 7. The minimum Gasteiger partial charge on any atom is -0.382 e. The number of ether oxygens (including phenoxy) is 1. The van der Waals surface area contributed by atoms with Crippen LogP contribution < -0.4 is 16.4 Å². The highest BCUT2D eigenvalue weighted by Crippen LogP contribution is 2.24. The molecule has 2 aromatic rings. The summed E-state index contributed by atoms with van der Waals surface area (Å²) in [5, 5.41) is 20.8. The van der Waals surface area contributed by atoms with Gasteiger partial charge < -0.3 is 21.1 Å². The number of hydrogen-bond donors (Lipinski definition) is 3. The third kappa shape index (κ3) is 5.10. The average molecular weight is 410 g/mol. The van der Waals surface area contributed by atoms with Crippen LogP contribution in [0, 0.1) is 18.3 Å². The van der Waals surface area contributed by atoms with Gasteiger partial charge in [0.1, 0.15) is 17.5 Å². The van der Waals surface area contributed by atoms with Crippen LogP contribution in [0.25, 0.3) is 5.69 Å². The Morgan fingerprint density at radius 3 is 2.77 bits per heavy atom. The van der Waals surface area contributed by atoms with E-state index in [4.69, 9.17) is 10.5 Å². The van der Waals surface area contributed by atoms with Crippen LogP contribution in [0.2, 0.25) is 0 Å². The van der Waals surface area contributed by atoms with E-state index >= 15 is 0 Å². The summed E-state index contributed by atoms with van der Waals surface area (Å²) in [4.78, 5) is 4.27. The van der Waals surface area contributed by atoms with E-state index in [1.54, 1.807) is 11.7 Å². The van der Waals surface area contributed by atoms with Gasteiger partial charge in [-0.25, -0.2) is 4.68 Å². The Morgan fingerprint density at radius 2 is 2.13 bits per heavy atom. The van der Waals surface area contributed by atoms with Crippen molar-refractivity contribution in [1.82, 2.24) is 20.4 Å². The third-order valence-electron chi connectivity index (χ3n) is 5.42. The van der Waals surface area contributed by atoms with E-state index in [1.165, 1.54) is 0 Å². The predicted molar refractivity (Wildman–Crippen MR) is 119 cm³/mol. The lowest BCUT2D eigenvalue weighted by atomic mass is 10.0. The number of guanidine groups is 1. The van der Waals surface area contributed by atoms with Gasteiger partial charge in [0.15, 0.2) is 5.96 Å². The van der Waals surface area contributed by atoms with Crippen LogP contribution in [0.5, 0.6) is 0 Å².